The van der Waals surface area contributed by atoms with Crippen LogP contribution < -0.4 is 37.2 Å². The SMILES string of the molecule is CN(C)C[CH-]c1ccccc1.[Cl-].[Cl-].[Cl-].[Hf].c1ccc2[cH-]ccc2c1. The van der Waals surface area contributed by atoms with Crippen LogP contribution in [0.2, 0.25) is 0 Å². The summed E-state index contributed by atoms with van der Waals surface area (Å²) in [5.41, 5.74) is 1.29. The molecule has 1 nitrogen and oxygen atoms in total. The molecule has 24 heavy (non-hydrogen) atoms. The van der Waals surface area contributed by atoms with Crippen LogP contribution >= 0.6 is 0 Å². The van der Waals surface area contributed by atoms with Crippen molar-refractivity contribution >= 4 is 10.8 Å². The van der Waals surface area contributed by atoms with Crippen LogP contribution in [0.25, 0.3) is 10.8 Å². The molecule has 0 N–H and O–H groups in total. The minimum atomic E-state index is 0. The van der Waals surface area contributed by atoms with Crippen LogP contribution in [-0.2, 0) is 25.8 Å². The Balaban J connectivity index is -0.000000318. The van der Waals surface area contributed by atoms with Gasteiger partial charge >= 0.3 is 0 Å². The Labute approximate surface area is 183 Å². The molecule has 0 aromatic heterocycles. The average molecular weight is 548 g/mol. The third-order valence-electron chi connectivity index (χ3n) is 3.04. The molecular formula is C19H21Cl3HfN-5. The fourth-order valence-corrected chi connectivity index (χ4v) is 1.95. The van der Waals surface area contributed by atoms with Crippen LogP contribution in [0.5, 0.6) is 0 Å². The van der Waals surface area contributed by atoms with Gasteiger partial charge in [-0.15, -0.1) is 41.8 Å². The first-order valence-corrected chi connectivity index (χ1v) is 6.89. The molecule has 3 aromatic rings. The van der Waals surface area contributed by atoms with Crippen molar-refractivity contribution in [2.45, 2.75) is 0 Å². The smallest absolute Gasteiger partial charge is 0 e. The first kappa shape index (κ1) is 28.4. The van der Waals surface area contributed by atoms with Gasteiger partial charge in [0.1, 0.15) is 0 Å². The molecule has 0 spiro atoms. The van der Waals surface area contributed by atoms with E-state index in [2.05, 4.69) is 92.1 Å². The minimum Gasteiger partial charge on any atom is -1.00 e. The van der Waals surface area contributed by atoms with Crippen molar-refractivity contribution in [3.63, 3.8) is 0 Å². The van der Waals surface area contributed by atoms with E-state index in [9.17, 15) is 0 Å². The van der Waals surface area contributed by atoms with Crippen LogP contribution in [0.4, 0.5) is 0 Å². The van der Waals surface area contributed by atoms with E-state index in [-0.39, 0.29) is 63.1 Å². The summed E-state index contributed by atoms with van der Waals surface area (Å²) >= 11 is 0. The maximum absolute atomic E-state index is 2.21. The largest absolute Gasteiger partial charge is 1.00 e. The normalized spacial score (nSPS) is 8.46. The molecule has 132 valence electrons. The molecule has 3 rings (SSSR count). The Morgan fingerprint density at radius 1 is 0.833 bits per heavy atom. The van der Waals surface area contributed by atoms with Crippen molar-refractivity contribution in [1.82, 2.24) is 4.90 Å². The van der Waals surface area contributed by atoms with Crippen molar-refractivity contribution in [1.29, 1.82) is 0 Å². The van der Waals surface area contributed by atoms with E-state index in [4.69, 9.17) is 0 Å². The zero-order valence-corrected chi connectivity index (χ0v) is 19.7. The molecular weight excluding hydrogens is 527 g/mol. The van der Waals surface area contributed by atoms with Gasteiger partial charge in [-0.25, -0.2) is 0 Å². The van der Waals surface area contributed by atoms with Crippen molar-refractivity contribution in [2.24, 2.45) is 0 Å². The van der Waals surface area contributed by atoms with Crippen molar-refractivity contribution in [3.05, 3.63) is 84.8 Å². The number of rotatable bonds is 3. The van der Waals surface area contributed by atoms with Crippen LogP contribution in [-0.4, -0.2) is 25.5 Å². The first-order valence-electron chi connectivity index (χ1n) is 6.89. The van der Waals surface area contributed by atoms with Gasteiger partial charge in [0.2, 0.25) is 0 Å². The maximum atomic E-state index is 2.21. The summed E-state index contributed by atoms with van der Waals surface area (Å²) < 4.78 is 0. The Kier molecular flexibility index (Phi) is 19.1. The van der Waals surface area contributed by atoms with E-state index in [1.807, 2.05) is 6.07 Å². The number of likely N-dealkylation sites (N-methyl/N-ethyl adjacent to an activating group) is 1. The van der Waals surface area contributed by atoms with Crippen LogP contribution in [0, 0.1) is 6.42 Å². The van der Waals surface area contributed by atoms with E-state index in [1.165, 1.54) is 16.3 Å². The molecule has 0 bridgehead atoms. The molecule has 0 fully saturated rings. The second-order valence-corrected chi connectivity index (χ2v) is 5.03. The summed E-state index contributed by atoms with van der Waals surface area (Å²) in [7, 11) is 4.14. The fraction of sp³-hybridized carbons (Fsp3) is 0.158. The molecule has 0 aliphatic carbocycles. The second-order valence-electron chi connectivity index (χ2n) is 5.03. The number of benzene rings is 2. The summed E-state index contributed by atoms with van der Waals surface area (Å²) in [6.07, 6.45) is 2.21. The van der Waals surface area contributed by atoms with Crippen LogP contribution in [0.15, 0.2) is 72.8 Å². The zero-order valence-electron chi connectivity index (χ0n) is 13.8. The predicted octanol–water partition coefficient (Wildman–Crippen LogP) is -4.63. The molecule has 0 aliphatic heterocycles. The summed E-state index contributed by atoms with van der Waals surface area (Å²) in [6.45, 7) is 1.00. The van der Waals surface area contributed by atoms with E-state index in [0.717, 1.165) is 6.54 Å². The molecule has 0 heterocycles. The monoisotopic (exact) mass is 548 g/mol. The first-order chi connectivity index (χ1) is 9.75. The van der Waals surface area contributed by atoms with Gasteiger partial charge in [-0.3, -0.25) is 0 Å². The number of hydrogen-bond acceptors (Lipinski definition) is 1. The Morgan fingerprint density at radius 2 is 1.42 bits per heavy atom. The molecule has 0 atom stereocenters. The number of fused-ring (bicyclic) bond motifs is 1. The Bertz CT molecular complexity index is 596. The number of halogens is 3. The number of nitrogens with zero attached hydrogens (tertiary/aromatic N) is 1. The van der Waals surface area contributed by atoms with Gasteiger partial charge < -0.3 is 42.1 Å². The van der Waals surface area contributed by atoms with E-state index >= 15 is 0 Å². The summed E-state index contributed by atoms with van der Waals surface area (Å²) in [5.74, 6) is 0. The van der Waals surface area contributed by atoms with Crippen molar-refractivity contribution in [2.75, 3.05) is 20.6 Å². The predicted molar refractivity (Wildman–Crippen MR) is 87.9 cm³/mol. The quantitative estimate of drug-likeness (QED) is 0.236. The third-order valence-corrected chi connectivity index (χ3v) is 3.04. The van der Waals surface area contributed by atoms with Gasteiger partial charge in [-0.2, -0.15) is 41.6 Å². The maximum Gasteiger partial charge on any atom is 0 e. The van der Waals surface area contributed by atoms with Crippen LogP contribution in [0.3, 0.4) is 0 Å². The topological polar surface area (TPSA) is 3.24 Å². The molecule has 3 aromatic carbocycles. The van der Waals surface area contributed by atoms with Gasteiger partial charge in [0.05, 0.1) is 0 Å². The fourth-order valence-electron chi connectivity index (χ4n) is 1.95. The second kappa shape index (κ2) is 16.1. The Hall–Kier alpha value is -0.380. The van der Waals surface area contributed by atoms with Gasteiger partial charge in [0, 0.05) is 25.8 Å². The minimum absolute atomic E-state index is 0. The van der Waals surface area contributed by atoms with Gasteiger partial charge in [0.25, 0.3) is 0 Å². The van der Waals surface area contributed by atoms with Gasteiger partial charge in [-0.1, -0.05) is 12.1 Å². The summed E-state index contributed by atoms with van der Waals surface area (Å²) in [6, 6.07) is 25.0. The van der Waals surface area contributed by atoms with Crippen molar-refractivity contribution < 1.29 is 63.1 Å². The molecule has 0 radical (unpaired) electrons. The van der Waals surface area contributed by atoms with E-state index < -0.39 is 0 Å². The van der Waals surface area contributed by atoms with Gasteiger partial charge in [0.15, 0.2) is 0 Å². The van der Waals surface area contributed by atoms with E-state index in [1.54, 1.807) is 0 Å². The Morgan fingerprint density at radius 3 is 2.00 bits per heavy atom. The molecule has 0 amide bonds. The molecule has 0 aliphatic rings. The van der Waals surface area contributed by atoms with Crippen molar-refractivity contribution in [3.8, 4) is 0 Å². The molecule has 0 saturated heterocycles. The average Bonchev–Trinajstić information content (AvgIpc) is 2.95. The summed E-state index contributed by atoms with van der Waals surface area (Å²) in [4.78, 5) is 2.15. The standard InChI is InChI=1S/C10H14N.C9H7.3ClH.Hf/c1-11(2)9-8-10-6-4-3-5-7-10;1-2-5-9-7-3-6-8(9)4-1;;;;/h3-8H,9H2,1-2H3;1-7H;3*1H;/q2*-1;;;;/p-3. The third kappa shape index (κ3) is 10.5. The molecule has 0 saturated carbocycles. The molecule has 0 unspecified atom stereocenters. The van der Waals surface area contributed by atoms with Gasteiger partial charge in [-0.05, 0) is 20.6 Å². The van der Waals surface area contributed by atoms with Crippen LogP contribution in [0.1, 0.15) is 5.56 Å². The molecule has 5 heteroatoms. The zero-order chi connectivity index (χ0) is 14.2. The summed E-state index contributed by atoms with van der Waals surface area (Å²) in [5, 5.41) is 2.66. The number of hydrogen-bond donors (Lipinski definition) is 0. The van der Waals surface area contributed by atoms with E-state index in [0.29, 0.717) is 0 Å².